The fourth-order valence-corrected chi connectivity index (χ4v) is 4.93. The maximum atomic E-state index is 13.3. The van der Waals surface area contributed by atoms with E-state index in [4.69, 9.17) is 14.6 Å². The van der Waals surface area contributed by atoms with E-state index in [1.807, 2.05) is 31.2 Å². The third kappa shape index (κ3) is 6.13. The number of nitrogens with one attached hydrogen (secondary N) is 1. The lowest BCUT2D eigenvalue weighted by atomic mass is 9.87. The highest BCUT2D eigenvalue weighted by Crippen LogP contribution is 2.40. The largest absolute Gasteiger partial charge is 0.489 e. The molecule has 2 aromatic carbocycles. The second kappa shape index (κ2) is 11.9. The van der Waals surface area contributed by atoms with Gasteiger partial charge in [0.15, 0.2) is 0 Å². The lowest BCUT2D eigenvalue weighted by Gasteiger charge is -2.29. The maximum Gasteiger partial charge on any atom is 0.338 e. The Balaban J connectivity index is 1.70. The number of carbonyl (C=O) groups excluding carboxylic acids is 1. The normalized spacial score (nSPS) is 15.0. The van der Waals surface area contributed by atoms with E-state index in [-0.39, 0.29) is 12.0 Å². The minimum Gasteiger partial charge on any atom is -0.489 e. The van der Waals surface area contributed by atoms with Gasteiger partial charge in [0.1, 0.15) is 25.0 Å². The highest BCUT2D eigenvalue weighted by molar-refractivity contribution is 7.99. The minimum atomic E-state index is -0.563. The van der Waals surface area contributed by atoms with Crippen LogP contribution in [0.15, 0.2) is 77.6 Å². The molecule has 7 nitrogen and oxygen atoms in total. The molecule has 0 aliphatic carbocycles. The van der Waals surface area contributed by atoms with Crippen LogP contribution in [0, 0.1) is 0 Å². The number of hydrogen-bond donors (Lipinski definition) is 1. The molecule has 0 spiro atoms. The summed E-state index contributed by atoms with van der Waals surface area (Å²) >= 11 is 1.59. The number of allylic oxidation sites excluding steroid dienone is 1. The number of nitrogens with zero attached hydrogens (tertiary/aromatic N) is 3. The summed E-state index contributed by atoms with van der Waals surface area (Å²) in [4.78, 5) is 17.9. The van der Waals surface area contributed by atoms with Crippen LogP contribution in [-0.4, -0.2) is 33.1 Å². The third-order valence-electron chi connectivity index (χ3n) is 6.25. The number of anilines is 1. The topological polar surface area (TPSA) is 78.3 Å². The van der Waals surface area contributed by atoms with Crippen molar-refractivity contribution in [1.82, 2.24) is 14.8 Å². The summed E-state index contributed by atoms with van der Waals surface area (Å²) in [5.41, 5.74) is 4.37. The van der Waals surface area contributed by atoms with Gasteiger partial charge in [-0.05, 0) is 36.0 Å². The Bertz CT molecular complexity index is 1320. The highest BCUT2D eigenvalue weighted by Gasteiger charge is 2.36. The molecule has 1 aromatic heterocycles. The molecule has 0 bridgehead atoms. The number of ether oxygens (including phenoxy) is 2. The standard InChI is InChI=1S/C30H36N4O3S/c1-7-17-36-27(35)25-20(3)31-28-32-29(38-18-8-2)33-34(28)26(25)23-11-9-10-12-24(23)37-19-21-13-15-22(16-14-21)30(4,5)6/h7,9-16,26H,1,8,17-19H2,2-6H3,(H,31,32,33). The van der Waals surface area contributed by atoms with Crippen LogP contribution < -0.4 is 10.1 Å². The van der Waals surface area contributed by atoms with Crippen molar-refractivity contribution in [1.29, 1.82) is 0 Å². The van der Waals surface area contributed by atoms with Crippen LogP contribution in [0.25, 0.3) is 0 Å². The SMILES string of the molecule is C=CCOC(=O)C1=C(C)Nc2nc(SCCC)nn2C1c1ccccc1OCc1ccc(C(C)(C)C)cc1. The number of benzene rings is 2. The summed E-state index contributed by atoms with van der Waals surface area (Å²) in [6.45, 7) is 14.8. The van der Waals surface area contributed by atoms with Gasteiger partial charge in [-0.15, -0.1) is 5.10 Å². The molecular formula is C30H36N4O3S. The first-order valence-electron chi connectivity index (χ1n) is 12.9. The average Bonchev–Trinajstić information content (AvgIpc) is 3.30. The van der Waals surface area contributed by atoms with Crippen molar-refractivity contribution in [2.75, 3.05) is 17.7 Å². The second-order valence-electron chi connectivity index (χ2n) is 10.2. The Morgan fingerprint density at radius 2 is 1.92 bits per heavy atom. The molecule has 1 N–H and O–H groups in total. The lowest BCUT2D eigenvalue weighted by Crippen LogP contribution is -2.30. The molecule has 1 atom stereocenters. The van der Waals surface area contributed by atoms with E-state index in [0.717, 1.165) is 23.3 Å². The number of thioether (sulfide) groups is 1. The number of rotatable bonds is 10. The van der Waals surface area contributed by atoms with E-state index in [9.17, 15) is 4.79 Å². The number of carbonyl (C=O) groups is 1. The first-order chi connectivity index (χ1) is 18.2. The van der Waals surface area contributed by atoms with Crippen molar-refractivity contribution in [2.45, 2.75) is 64.3 Å². The zero-order valence-corrected chi connectivity index (χ0v) is 23.6. The molecular weight excluding hydrogens is 496 g/mol. The van der Waals surface area contributed by atoms with Crippen molar-refractivity contribution in [2.24, 2.45) is 0 Å². The van der Waals surface area contributed by atoms with Gasteiger partial charge in [-0.3, -0.25) is 0 Å². The van der Waals surface area contributed by atoms with Gasteiger partial charge in [-0.1, -0.05) is 94.6 Å². The fourth-order valence-electron chi connectivity index (χ4n) is 4.25. The van der Waals surface area contributed by atoms with Gasteiger partial charge in [0.25, 0.3) is 0 Å². The van der Waals surface area contributed by atoms with Gasteiger partial charge in [-0.2, -0.15) is 4.98 Å². The summed E-state index contributed by atoms with van der Waals surface area (Å²) in [6, 6.07) is 15.7. The van der Waals surface area contributed by atoms with Gasteiger partial charge in [0.05, 0.1) is 5.57 Å². The Morgan fingerprint density at radius 3 is 2.61 bits per heavy atom. The first kappa shape index (κ1) is 27.5. The average molecular weight is 533 g/mol. The quantitative estimate of drug-likeness (QED) is 0.177. The molecule has 38 heavy (non-hydrogen) atoms. The van der Waals surface area contributed by atoms with Crippen LogP contribution in [0.2, 0.25) is 0 Å². The Kier molecular flexibility index (Phi) is 8.62. The molecule has 0 fully saturated rings. The first-order valence-corrected chi connectivity index (χ1v) is 13.9. The van der Waals surface area contributed by atoms with Crippen LogP contribution in [0.3, 0.4) is 0 Å². The van der Waals surface area contributed by atoms with E-state index in [1.54, 1.807) is 22.5 Å². The number of hydrogen-bond acceptors (Lipinski definition) is 7. The van der Waals surface area contributed by atoms with Crippen molar-refractivity contribution in [3.05, 3.63) is 89.1 Å². The zero-order chi connectivity index (χ0) is 27.3. The summed E-state index contributed by atoms with van der Waals surface area (Å²) in [5, 5.41) is 8.68. The molecule has 1 aliphatic rings. The maximum absolute atomic E-state index is 13.3. The van der Waals surface area contributed by atoms with Crippen molar-refractivity contribution in [3.63, 3.8) is 0 Å². The molecule has 0 radical (unpaired) electrons. The Morgan fingerprint density at radius 1 is 1.18 bits per heavy atom. The number of aromatic nitrogens is 3. The predicted molar refractivity (Wildman–Crippen MR) is 153 cm³/mol. The Hall–Kier alpha value is -3.52. The number of para-hydroxylation sites is 1. The summed E-state index contributed by atoms with van der Waals surface area (Å²) in [6.07, 6.45) is 2.57. The predicted octanol–water partition coefficient (Wildman–Crippen LogP) is 6.67. The molecule has 200 valence electrons. The third-order valence-corrected chi connectivity index (χ3v) is 7.29. The van der Waals surface area contributed by atoms with Gasteiger partial charge < -0.3 is 14.8 Å². The van der Waals surface area contributed by atoms with Gasteiger partial charge in [0.2, 0.25) is 11.1 Å². The molecule has 4 rings (SSSR count). The zero-order valence-electron chi connectivity index (χ0n) is 22.8. The highest BCUT2D eigenvalue weighted by atomic mass is 32.2. The van der Waals surface area contributed by atoms with Crippen molar-refractivity contribution in [3.8, 4) is 5.75 Å². The molecule has 2 heterocycles. The van der Waals surface area contributed by atoms with Crippen molar-refractivity contribution >= 4 is 23.7 Å². The van der Waals surface area contributed by atoms with Crippen LogP contribution in [0.1, 0.15) is 63.8 Å². The van der Waals surface area contributed by atoms with Crippen molar-refractivity contribution < 1.29 is 14.3 Å². The van der Waals surface area contributed by atoms with E-state index in [0.29, 0.717) is 34.7 Å². The molecule has 0 saturated carbocycles. The second-order valence-corrected chi connectivity index (χ2v) is 11.3. The summed E-state index contributed by atoms with van der Waals surface area (Å²) in [7, 11) is 0. The fraction of sp³-hybridized carbons (Fsp3) is 0.367. The van der Waals surface area contributed by atoms with E-state index in [1.165, 1.54) is 5.56 Å². The van der Waals surface area contributed by atoms with E-state index in [2.05, 4.69) is 68.8 Å². The molecule has 3 aromatic rings. The molecule has 0 amide bonds. The number of fused-ring (bicyclic) bond motifs is 1. The number of esters is 1. The van der Waals surface area contributed by atoms with Gasteiger partial charge in [0, 0.05) is 17.0 Å². The van der Waals surface area contributed by atoms with Crippen LogP contribution in [0.5, 0.6) is 5.75 Å². The lowest BCUT2D eigenvalue weighted by molar-refractivity contribution is -0.138. The molecule has 8 heteroatoms. The summed E-state index contributed by atoms with van der Waals surface area (Å²) < 4.78 is 13.6. The molecule has 1 aliphatic heterocycles. The van der Waals surface area contributed by atoms with E-state index < -0.39 is 12.0 Å². The van der Waals surface area contributed by atoms with Crippen LogP contribution >= 0.6 is 11.8 Å². The van der Waals surface area contributed by atoms with Crippen LogP contribution in [0.4, 0.5) is 5.95 Å². The molecule has 1 unspecified atom stereocenters. The molecule has 0 saturated heterocycles. The van der Waals surface area contributed by atoms with Crippen LogP contribution in [-0.2, 0) is 21.6 Å². The minimum absolute atomic E-state index is 0.0889. The smallest absolute Gasteiger partial charge is 0.338 e. The summed E-state index contributed by atoms with van der Waals surface area (Å²) in [5.74, 6) is 1.73. The monoisotopic (exact) mass is 532 g/mol. The Labute approximate surface area is 229 Å². The van der Waals surface area contributed by atoms with Gasteiger partial charge >= 0.3 is 5.97 Å². The van der Waals surface area contributed by atoms with Gasteiger partial charge in [-0.25, -0.2) is 9.48 Å². The van der Waals surface area contributed by atoms with E-state index >= 15 is 0 Å².